The normalized spacial score (nSPS) is 30.5. The molecule has 4 nitrogen and oxygen atoms in total. The van der Waals surface area contributed by atoms with Crippen molar-refractivity contribution in [2.45, 2.75) is 25.8 Å². The van der Waals surface area contributed by atoms with Crippen molar-refractivity contribution in [1.82, 2.24) is 9.62 Å². The second-order valence-corrected chi connectivity index (χ2v) is 6.35. The monoisotopic (exact) mass is 218 g/mol. The van der Waals surface area contributed by atoms with Crippen molar-refractivity contribution >= 4 is 10.0 Å². The van der Waals surface area contributed by atoms with Gasteiger partial charge in [-0.15, -0.1) is 0 Å². The molecule has 1 N–H and O–H groups in total. The van der Waals surface area contributed by atoms with E-state index in [9.17, 15) is 8.42 Å². The first-order valence-corrected chi connectivity index (χ1v) is 6.91. The van der Waals surface area contributed by atoms with Gasteiger partial charge in [-0.2, -0.15) is 4.31 Å². The minimum atomic E-state index is -2.98. The molecule has 14 heavy (non-hydrogen) atoms. The van der Waals surface area contributed by atoms with E-state index in [4.69, 9.17) is 0 Å². The van der Waals surface area contributed by atoms with Crippen LogP contribution in [-0.4, -0.2) is 44.2 Å². The zero-order valence-electron chi connectivity index (χ0n) is 8.57. The predicted molar refractivity (Wildman–Crippen MR) is 55.5 cm³/mol. The van der Waals surface area contributed by atoms with Gasteiger partial charge in [0.05, 0.1) is 5.75 Å². The van der Waals surface area contributed by atoms with Gasteiger partial charge in [0, 0.05) is 25.7 Å². The maximum absolute atomic E-state index is 11.9. The van der Waals surface area contributed by atoms with E-state index in [1.54, 1.807) is 4.31 Å². The molecule has 5 heteroatoms. The number of piperazine rings is 1. The summed E-state index contributed by atoms with van der Waals surface area (Å²) in [5, 5.41) is 3.20. The molecular weight excluding hydrogens is 200 g/mol. The number of rotatable bonds is 3. The Balaban J connectivity index is 2.02. The first kappa shape index (κ1) is 10.4. The Morgan fingerprint density at radius 3 is 2.71 bits per heavy atom. The molecule has 1 heterocycles. The van der Waals surface area contributed by atoms with Crippen LogP contribution in [0.4, 0.5) is 0 Å². The molecule has 0 bridgehead atoms. The van der Waals surface area contributed by atoms with Crippen LogP contribution in [0.2, 0.25) is 0 Å². The largest absolute Gasteiger partial charge is 0.314 e. The molecule has 0 aromatic heterocycles. The van der Waals surface area contributed by atoms with Gasteiger partial charge in [-0.05, 0) is 25.7 Å². The molecule has 0 radical (unpaired) electrons. The summed E-state index contributed by atoms with van der Waals surface area (Å²) in [6, 6.07) is 0.118. The van der Waals surface area contributed by atoms with Crippen molar-refractivity contribution in [2.24, 2.45) is 5.92 Å². The fourth-order valence-electron chi connectivity index (χ4n) is 1.91. The second-order valence-electron chi connectivity index (χ2n) is 4.39. The van der Waals surface area contributed by atoms with Crippen molar-refractivity contribution in [3.63, 3.8) is 0 Å². The lowest BCUT2D eigenvalue weighted by molar-refractivity contribution is 0.283. The van der Waals surface area contributed by atoms with Gasteiger partial charge >= 0.3 is 0 Å². The van der Waals surface area contributed by atoms with Crippen LogP contribution < -0.4 is 5.32 Å². The molecule has 1 saturated heterocycles. The number of hydrogen-bond acceptors (Lipinski definition) is 3. The zero-order valence-corrected chi connectivity index (χ0v) is 9.39. The molecule has 2 aliphatic rings. The van der Waals surface area contributed by atoms with Gasteiger partial charge in [-0.1, -0.05) is 0 Å². The lowest BCUT2D eigenvalue weighted by Crippen LogP contribution is -2.52. The van der Waals surface area contributed by atoms with Crippen LogP contribution in [0.1, 0.15) is 19.8 Å². The van der Waals surface area contributed by atoms with Crippen LogP contribution in [0.5, 0.6) is 0 Å². The fraction of sp³-hybridized carbons (Fsp3) is 1.00. The van der Waals surface area contributed by atoms with E-state index >= 15 is 0 Å². The summed E-state index contributed by atoms with van der Waals surface area (Å²) in [7, 11) is -2.98. The van der Waals surface area contributed by atoms with E-state index in [0.29, 0.717) is 18.2 Å². The van der Waals surface area contributed by atoms with Gasteiger partial charge in [-0.25, -0.2) is 8.42 Å². The third-order valence-electron chi connectivity index (χ3n) is 2.94. The average Bonchev–Trinajstić information content (AvgIpc) is 2.88. The lowest BCUT2D eigenvalue weighted by Gasteiger charge is -2.32. The Labute approximate surface area is 85.7 Å². The molecule has 0 aromatic carbocycles. The van der Waals surface area contributed by atoms with Crippen LogP contribution >= 0.6 is 0 Å². The molecule has 2 rings (SSSR count). The van der Waals surface area contributed by atoms with Crippen molar-refractivity contribution in [2.75, 3.05) is 25.4 Å². The number of sulfonamides is 1. The molecular formula is C9H18N2O2S. The molecule has 0 unspecified atom stereocenters. The molecule has 1 atom stereocenters. The van der Waals surface area contributed by atoms with E-state index in [1.807, 2.05) is 6.92 Å². The van der Waals surface area contributed by atoms with E-state index in [0.717, 1.165) is 25.9 Å². The van der Waals surface area contributed by atoms with Crippen LogP contribution in [0, 0.1) is 5.92 Å². The molecule has 1 saturated carbocycles. The van der Waals surface area contributed by atoms with E-state index in [1.165, 1.54) is 0 Å². The first-order chi connectivity index (χ1) is 6.59. The van der Waals surface area contributed by atoms with E-state index in [-0.39, 0.29) is 6.04 Å². The van der Waals surface area contributed by atoms with Crippen LogP contribution in [-0.2, 0) is 10.0 Å². The van der Waals surface area contributed by atoms with Crippen molar-refractivity contribution < 1.29 is 8.42 Å². The summed E-state index contributed by atoms with van der Waals surface area (Å²) in [6.45, 7) is 4.17. The minimum absolute atomic E-state index is 0.118. The van der Waals surface area contributed by atoms with Gasteiger partial charge in [0.2, 0.25) is 10.0 Å². The molecule has 2 fully saturated rings. The highest BCUT2D eigenvalue weighted by molar-refractivity contribution is 7.89. The third kappa shape index (κ3) is 2.27. The fourth-order valence-corrected chi connectivity index (χ4v) is 4.03. The molecule has 0 amide bonds. The number of nitrogens with one attached hydrogen (secondary N) is 1. The second kappa shape index (κ2) is 3.79. The van der Waals surface area contributed by atoms with Crippen molar-refractivity contribution in [3.8, 4) is 0 Å². The van der Waals surface area contributed by atoms with Gasteiger partial charge in [0.1, 0.15) is 0 Å². The highest BCUT2D eigenvalue weighted by Crippen LogP contribution is 2.31. The Morgan fingerprint density at radius 2 is 2.14 bits per heavy atom. The van der Waals surface area contributed by atoms with Crippen LogP contribution in [0.3, 0.4) is 0 Å². The van der Waals surface area contributed by atoms with Gasteiger partial charge in [0.25, 0.3) is 0 Å². The molecule has 0 spiro atoms. The number of nitrogens with zero attached hydrogens (tertiary/aromatic N) is 1. The predicted octanol–water partition coefficient (Wildman–Crippen LogP) is 0.0199. The van der Waals surface area contributed by atoms with E-state index in [2.05, 4.69) is 5.32 Å². The maximum Gasteiger partial charge on any atom is 0.214 e. The molecule has 82 valence electrons. The highest BCUT2D eigenvalue weighted by atomic mass is 32.2. The molecule has 1 aliphatic heterocycles. The topological polar surface area (TPSA) is 49.4 Å². The third-order valence-corrected chi connectivity index (χ3v) is 5.09. The average molecular weight is 218 g/mol. The standard InChI is InChI=1S/C9H18N2O2S/c1-8-6-10-4-5-11(8)14(12,13)7-9-2-3-9/h8-10H,2-7H2,1H3/t8-/m1/s1. The summed E-state index contributed by atoms with van der Waals surface area (Å²) in [5.74, 6) is 0.819. The van der Waals surface area contributed by atoms with Gasteiger partial charge < -0.3 is 5.32 Å². The molecule has 0 aromatic rings. The Hall–Kier alpha value is -0.130. The first-order valence-electron chi connectivity index (χ1n) is 5.30. The highest BCUT2D eigenvalue weighted by Gasteiger charge is 2.34. The summed E-state index contributed by atoms with van der Waals surface area (Å²) in [4.78, 5) is 0. The maximum atomic E-state index is 11.9. The van der Waals surface area contributed by atoms with Crippen LogP contribution in [0.15, 0.2) is 0 Å². The Kier molecular flexibility index (Phi) is 2.81. The SMILES string of the molecule is C[C@@H]1CNCCN1S(=O)(=O)CC1CC1. The zero-order chi connectivity index (χ0) is 10.2. The van der Waals surface area contributed by atoms with Gasteiger partial charge in [-0.3, -0.25) is 0 Å². The summed E-state index contributed by atoms with van der Waals surface area (Å²) in [5.41, 5.74) is 0. The quantitative estimate of drug-likeness (QED) is 0.726. The van der Waals surface area contributed by atoms with Gasteiger partial charge in [0.15, 0.2) is 0 Å². The summed E-state index contributed by atoms with van der Waals surface area (Å²) < 4.78 is 25.6. The summed E-state index contributed by atoms with van der Waals surface area (Å²) in [6.07, 6.45) is 2.19. The summed E-state index contributed by atoms with van der Waals surface area (Å²) >= 11 is 0. The molecule has 1 aliphatic carbocycles. The van der Waals surface area contributed by atoms with Crippen molar-refractivity contribution in [3.05, 3.63) is 0 Å². The van der Waals surface area contributed by atoms with E-state index < -0.39 is 10.0 Å². The Bertz CT molecular complexity index is 298. The minimum Gasteiger partial charge on any atom is -0.314 e. The van der Waals surface area contributed by atoms with Crippen molar-refractivity contribution in [1.29, 1.82) is 0 Å². The smallest absolute Gasteiger partial charge is 0.214 e. The van der Waals surface area contributed by atoms with Crippen LogP contribution in [0.25, 0.3) is 0 Å². The Morgan fingerprint density at radius 1 is 1.43 bits per heavy atom. The lowest BCUT2D eigenvalue weighted by atomic mass is 10.3. The number of hydrogen-bond donors (Lipinski definition) is 1.